The highest BCUT2D eigenvalue weighted by Crippen LogP contribution is 2.19. The monoisotopic (exact) mass is 323 g/mol. The fourth-order valence-corrected chi connectivity index (χ4v) is 2.50. The van der Waals surface area contributed by atoms with Gasteiger partial charge in [0.1, 0.15) is 5.76 Å². The minimum atomic E-state index is 0. The highest BCUT2D eigenvalue weighted by atomic mass is 35.5. The number of likely N-dealkylation sites (tertiary alicyclic amines) is 1. The topological polar surface area (TPSA) is 41.3 Å². The summed E-state index contributed by atoms with van der Waals surface area (Å²) in [6, 6.07) is 0. The van der Waals surface area contributed by atoms with Gasteiger partial charge < -0.3 is 9.73 Å². The summed E-state index contributed by atoms with van der Waals surface area (Å²) in [6.45, 7) is 11.6. The van der Waals surface area contributed by atoms with E-state index < -0.39 is 0 Å². The van der Waals surface area contributed by atoms with Gasteiger partial charge in [-0.1, -0.05) is 6.92 Å². The second-order valence-electron chi connectivity index (χ2n) is 5.28. The second kappa shape index (κ2) is 9.61. The SMILES string of the molecule is CCNCC1CCN(Cc2nc(C)c(C)o2)CC1.Cl.Cl. The molecule has 1 aromatic heterocycles. The molecule has 0 bridgehead atoms. The van der Waals surface area contributed by atoms with Crippen molar-refractivity contribution in [2.45, 2.75) is 40.2 Å². The number of piperidine rings is 1. The lowest BCUT2D eigenvalue weighted by Crippen LogP contribution is -2.36. The fourth-order valence-electron chi connectivity index (χ4n) is 2.50. The first-order valence-electron chi connectivity index (χ1n) is 7.05. The Morgan fingerprint density at radius 3 is 2.40 bits per heavy atom. The summed E-state index contributed by atoms with van der Waals surface area (Å²) >= 11 is 0. The van der Waals surface area contributed by atoms with Gasteiger partial charge in [-0.25, -0.2) is 4.98 Å². The molecule has 1 saturated heterocycles. The number of rotatable bonds is 5. The van der Waals surface area contributed by atoms with Crippen molar-refractivity contribution in [3.63, 3.8) is 0 Å². The van der Waals surface area contributed by atoms with Crippen LogP contribution in [-0.2, 0) is 6.54 Å². The number of hydrogen-bond donors (Lipinski definition) is 1. The number of nitrogens with zero attached hydrogens (tertiary/aromatic N) is 2. The molecule has 2 heterocycles. The standard InChI is InChI=1S/C14H25N3O.2ClH/c1-4-15-9-13-5-7-17(8-6-13)10-14-16-11(2)12(3)18-14;;/h13,15H,4-10H2,1-3H3;2*1H. The van der Waals surface area contributed by atoms with Crippen LogP contribution in [0.1, 0.15) is 37.1 Å². The van der Waals surface area contributed by atoms with Crippen LogP contribution in [-0.4, -0.2) is 36.1 Å². The Kier molecular flexibility index (Phi) is 9.47. The van der Waals surface area contributed by atoms with Crippen molar-refractivity contribution < 1.29 is 4.42 Å². The van der Waals surface area contributed by atoms with E-state index in [0.29, 0.717) is 0 Å². The molecular weight excluding hydrogens is 297 g/mol. The van der Waals surface area contributed by atoms with Gasteiger partial charge in [-0.2, -0.15) is 0 Å². The van der Waals surface area contributed by atoms with Gasteiger partial charge in [0, 0.05) is 0 Å². The van der Waals surface area contributed by atoms with Gasteiger partial charge >= 0.3 is 0 Å². The third-order valence-corrected chi connectivity index (χ3v) is 3.82. The zero-order valence-corrected chi connectivity index (χ0v) is 14.3. The molecule has 0 amide bonds. The third-order valence-electron chi connectivity index (χ3n) is 3.82. The largest absolute Gasteiger partial charge is 0.444 e. The maximum absolute atomic E-state index is 5.64. The lowest BCUT2D eigenvalue weighted by Gasteiger charge is -2.31. The molecule has 1 aliphatic rings. The second-order valence-corrected chi connectivity index (χ2v) is 5.28. The van der Waals surface area contributed by atoms with E-state index in [9.17, 15) is 0 Å². The fraction of sp³-hybridized carbons (Fsp3) is 0.786. The van der Waals surface area contributed by atoms with Crippen LogP contribution in [0.2, 0.25) is 0 Å². The van der Waals surface area contributed by atoms with Crippen LogP contribution >= 0.6 is 24.8 Å². The number of aromatic nitrogens is 1. The van der Waals surface area contributed by atoms with E-state index >= 15 is 0 Å². The van der Waals surface area contributed by atoms with E-state index in [-0.39, 0.29) is 24.8 Å². The molecular formula is C14H27Cl2N3O. The first-order chi connectivity index (χ1) is 8.69. The van der Waals surface area contributed by atoms with E-state index in [1.165, 1.54) is 19.4 Å². The first kappa shape index (κ1) is 19.7. The minimum Gasteiger partial charge on any atom is -0.444 e. The van der Waals surface area contributed by atoms with Crippen LogP contribution in [0.25, 0.3) is 0 Å². The lowest BCUT2D eigenvalue weighted by atomic mass is 9.97. The predicted molar refractivity (Wildman–Crippen MR) is 87.0 cm³/mol. The number of nitrogens with one attached hydrogen (secondary N) is 1. The average molecular weight is 324 g/mol. The number of aryl methyl sites for hydroxylation is 2. The molecule has 20 heavy (non-hydrogen) atoms. The van der Waals surface area contributed by atoms with E-state index in [1.807, 2.05) is 13.8 Å². The molecule has 6 heteroatoms. The summed E-state index contributed by atoms with van der Waals surface area (Å²) in [7, 11) is 0. The molecule has 0 saturated carbocycles. The third kappa shape index (κ3) is 5.60. The molecule has 1 aromatic rings. The molecule has 118 valence electrons. The Labute approximate surface area is 134 Å². The van der Waals surface area contributed by atoms with Crippen molar-refractivity contribution in [3.05, 3.63) is 17.3 Å². The maximum Gasteiger partial charge on any atom is 0.208 e. The number of hydrogen-bond acceptors (Lipinski definition) is 4. The number of halogens is 2. The summed E-state index contributed by atoms with van der Waals surface area (Å²) < 4.78 is 5.64. The molecule has 0 aromatic carbocycles. The van der Waals surface area contributed by atoms with Crippen molar-refractivity contribution in [1.82, 2.24) is 15.2 Å². The van der Waals surface area contributed by atoms with Crippen LogP contribution in [0.3, 0.4) is 0 Å². The molecule has 0 aliphatic carbocycles. The zero-order chi connectivity index (χ0) is 13.0. The van der Waals surface area contributed by atoms with Gasteiger partial charge in [0.25, 0.3) is 0 Å². The van der Waals surface area contributed by atoms with Crippen molar-refractivity contribution in [2.24, 2.45) is 5.92 Å². The molecule has 1 fully saturated rings. The van der Waals surface area contributed by atoms with Crippen LogP contribution in [0.4, 0.5) is 0 Å². The van der Waals surface area contributed by atoms with Crippen molar-refractivity contribution in [3.8, 4) is 0 Å². The summed E-state index contributed by atoms with van der Waals surface area (Å²) in [5.41, 5.74) is 1.02. The summed E-state index contributed by atoms with van der Waals surface area (Å²) in [4.78, 5) is 6.90. The highest BCUT2D eigenvalue weighted by Gasteiger charge is 2.20. The van der Waals surface area contributed by atoms with Gasteiger partial charge in [-0.15, -0.1) is 24.8 Å². The molecule has 0 atom stereocenters. The number of oxazole rings is 1. The van der Waals surface area contributed by atoms with Crippen LogP contribution < -0.4 is 5.32 Å². The summed E-state index contributed by atoms with van der Waals surface area (Å²) in [5.74, 6) is 2.66. The van der Waals surface area contributed by atoms with Gasteiger partial charge in [-0.05, 0) is 58.8 Å². The van der Waals surface area contributed by atoms with E-state index in [2.05, 4.69) is 22.1 Å². The van der Waals surface area contributed by atoms with E-state index in [0.717, 1.165) is 49.4 Å². The molecule has 2 rings (SSSR count). The predicted octanol–water partition coefficient (Wildman–Crippen LogP) is 2.96. The average Bonchev–Trinajstić information content (AvgIpc) is 2.67. The minimum absolute atomic E-state index is 0. The molecule has 1 aliphatic heterocycles. The maximum atomic E-state index is 5.64. The smallest absolute Gasteiger partial charge is 0.208 e. The van der Waals surface area contributed by atoms with Crippen LogP contribution in [0, 0.1) is 19.8 Å². The lowest BCUT2D eigenvalue weighted by molar-refractivity contribution is 0.162. The quantitative estimate of drug-likeness (QED) is 0.904. The molecule has 0 unspecified atom stereocenters. The van der Waals surface area contributed by atoms with Gasteiger partial charge in [0.15, 0.2) is 0 Å². The van der Waals surface area contributed by atoms with Gasteiger partial charge in [0.2, 0.25) is 5.89 Å². The summed E-state index contributed by atoms with van der Waals surface area (Å²) in [6.07, 6.45) is 2.57. The molecule has 0 radical (unpaired) electrons. The Balaban J connectivity index is 0.00000180. The van der Waals surface area contributed by atoms with Gasteiger partial charge in [0.05, 0.1) is 12.2 Å². The van der Waals surface area contributed by atoms with Crippen LogP contribution in [0.15, 0.2) is 4.42 Å². The Hall–Kier alpha value is -0.290. The first-order valence-corrected chi connectivity index (χ1v) is 7.05. The highest BCUT2D eigenvalue weighted by molar-refractivity contribution is 5.85. The van der Waals surface area contributed by atoms with Crippen molar-refractivity contribution >= 4 is 24.8 Å². The van der Waals surface area contributed by atoms with Crippen molar-refractivity contribution in [2.75, 3.05) is 26.2 Å². The Morgan fingerprint density at radius 2 is 1.90 bits per heavy atom. The van der Waals surface area contributed by atoms with Crippen molar-refractivity contribution in [1.29, 1.82) is 0 Å². The zero-order valence-electron chi connectivity index (χ0n) is 12.6. The molecule has 4 nitrogen and oxygen atoms in total. The normalized spacial score (nSPS) is 16.6. The molecule has 0 spiro atoms. The Bertz CT molecular complexity index is 357. The van der Waals surface area contributed by atoms with E-state index in [4.69, 9.17) is 4.42 Å². The Morgan fingerprint density at radius 1 is 1.25 bits per heavy atom. The van der Waals surface area contributed by atoms with Gasteiger partial charge in [-0.3, -0.25) is 4.90 Å². The molecule has 1 N–H and O–H groups in total. The van der Waals surface area contributed by atoms with Crippen LogP contribution in [0.5, 0.6) is 0 Å². The summed E-state index contributed by atoms with van der Waals surface area (Å²) in [5, 5.41) is 3.44. The van der Waals surface area contributed by atoms with E-state index in [1.54, 1.807) is 0 Å².